The van der Waals surface area contributed by atoms with Crippen LogP contribution in [0.15, 0.2) is 109 Å². The molecular weight excluding hydrogens is 758 g/mol. The minimum absolute atomic E-state index is 0.0668. The Balaban J connectivity index is 4.39. The second-order valence-electron chi connectivity index (χ2n) is 15.7. The van der Waals surface area contributed by atoms with Gasteiger partial charge in [-0.25, -0.2) is 4.57 Å². The molecule has 0 aromatic heterocycles. The molecule has 0 radical (unpaired) electrons. The average molecular weight is 843 g/mol. The summed E-state index contributed by atoms with van der Waals surface area (Å²) >= 11 is 0. The average Bonchev–Trinajstić information content (AvgIpc) is 3.19. The first kappa shape index (κ1) is 56.2. The van der Waals surface area contributed by atoms with E-state index in [0.717, 1.165) is 83.5 Å². The molecule has 2 atom stereocenters. The van der Waals surface area contributed by atoms with Gasteiger partial charge in [-0.2, -0.15) is 0 Å². The molecule has 0 aromatic rings. The summed E-state index contributed by atoms with van der Waals surface area (Å²) in [6.45, 7) is 5.24. The number of rotatable bonds is 40. The van der Waals surface area contributed by atoms with Crippen LogP contribution in [0.3, 0.4) is 0 Å². The number of phosphoric ester groups is 1. The lowest BCUT2D eigenvalue weighted by molar-refractivity contribution is -0.870. The normalized spacial score (nSPS) is 14.7. The van der Waals surface area contributed by atoms with Crippen molar-refractivity contribution in [3.05, 3.63) is 109 Å². The topological polar surface area (TPSA) is 91.3 Å². The van der Waals surface area contributed by atoms with E-state index in [1.165, 1.54) is 32.1 Å². The third-order valence-corrected chi connectivity index (χ3v) is 9.83. The van der Waals surface area contributed by atoms with Crippen LogP contribution in [0.2, 0.25) is 0 Å². The Kier molecular flexibility index (Phi) is 39.9. The van der Waals surface area contributed by atoms with Gasteiger partial charge in [0.2, 0.25) is 0 Å². The summed E-state index contributed by atoms with van der Waals surface area (Å²) in [4.78, 5) is 22.9. The number of ether oxygens (including phenoxy) is 2. The summed E-state index contributed by atoms with van der Waals surface area (Å²) < 4.78 is 34.9. The highest BCUT2D eigenvalue weighted by Gasteiger charge is 2.26. The number of quaternary nitrogens is 1. The maximum absolute atomic E-state index is 12.7. The Bertz CT molecular complexity index is 1300. The van der Waals surface area contributed by atoms with Gasteiger partial charge in [-0.05, 0) is 83.5 Å². The number of likely N-dealkylation sites (N-methyl/N-ethyl adjacent to an activating group) is 1. The van der Waals surface area contributed by atoms with Gasteiger partial charge in [-0.15, -0.1) is 0 Å². The summed E-state index contributed by atoms with van der Waals surface area (Å²) in [5.74, 6) is -0.403. The molecule has 0 aromatic carbocycles. The van der Waals surface area contributed by atoms with Gasteiger partial charge in [-0.1, -0.05) is 162 Å². The molecule has 0 bridgehead atoms. The van der Waals surface area contributed by atoms with Crippen LogP contribution in [0.4, 0.5) is 0 Å². The largest absolute Gasteiger partial charge is 0.472 e. The van der Waals surface area contributed by atoms with Crippen LogP contribution in [0, 0.1) is 0 Å². The SMILES string of the molecule is CC/C=C\C/C=C\C/C=C\C/C=C\C/C=C\C/C=C\CCC(=O)OC(COCCCCCCCCCC/C=C\C/C=C\C/C=C\CC)COP(=O)(O)OCC[N+](C)(C)C. The smallest absolute Gasteiger partial charge is 0.457 e. The van der Waals surface area contributed by atoms with Gasteiger partial charge in [0.05, 0.1) is 34.4 Å². The predicted molar refractivity (Wildman–Crippen MR) is 251 cm³/mol. The van der Waals surface area contributed by atoms with Crippen molar-refractivity contribution in [2.75, 3.05) is 54.1 Å². The number of nitrogens with zero attached hydrogens (tertiary/aromatic N) is 1. The van der Waals surface area contributed by atoms with E-state index in [1.807, 2.05) is 33.3 Å². The van der Waals surface area contributed by atoms with Crippen molar-refractivity contribution in [1.29, 1.82) is 0 Å². The molecule has 0 saturated heterocycles. The number of unbranched alkanes of at least 4 members (excludes halogenated alkanes) is 8. The van der Waals surface area contributed by atoms with Crippen LogP contribution >= 0.6 is 7.82 Å². The van der Waals surface area contributed by atoms with Crippen LogP contribution in [-0.4, -0.2) is 75.6 Å². The van der Waals surface area contributed by atoms with Crippen LogP contribution in [0.1, 0.15) is 142 Å². The van der Waals surface area contributed by atoms with Gasteiger partial charge in [0.15, 0.2) is 0 Å². The number of carbonyl (C=O) groups is 1. The van der Waals surface area contributed by atoms with E-state index in [4.69, 9.17) is 18.5 Å². The fourth-order valence-corrected chi connectivity index (χ4v) is 6.16. The predicted octanol–water partition coefficient (Wildman–Crippen LogP) is 13.6. The molecule has 0 fully saturated rings. The summed E-state index contributed by atoms with van der Waals surface area (Å²) in [7, 11) is 1.60. The van der Waals surface area contributed by atoms with Crippen molar-refractivity contribution >= 4 is 13.8 Å². The lowest BCUT2D eigenvalue weighted by Crippen LogP contribution is -2.37. The molecule has 336 valence electrons. The zero-order valence-electron chi connectivity index (χ0n) is 37.9. The number of phosphoric acid groups is 1. The molecule has 9 heteroatoms. The Morgan fingerprint density at radius 2 is 0.932 bits per heavy atom. The second-order valence-corrected chi connectivity index (χ2v) is 17.1. The fourth-order valence-electron chi connectivity index (χ4n) is 5.41. The number of hydrogen-bond donors (Lipinski definition) is 1. The lowest BCUT2D eigenvalue weighted by atomic mass is 10.1. The molecule has 0 aliphatic rings. The maximum Gasteiger partial charge on any atom is 0.472 e. The Morgan fingerprint density at radius 1 is 0.525 bits per heavy atom. The van der Waals surface area contributed by atoms with Crippen LogP contribution < -0.4 is 0 Å². The second kappa shape index (κ2) is 41.9. The molecule has 0 rings (SSSR count). The summed E-state index contributed by atoms with van der Waals surface area (Å²) in [6, 6.07) is 0. The molecule has 59 heavy (non-hydrogen) atoms. The first-order valence-corrected chi connectivity index (χ1v) is 24.1. The van der Waals surface area contributed by atoms with E-state index in [1.54, 1.807) is 0 Å². The molecular formula is C50H85NO7P+. The summed E-state index contributed by atoms with van der Waals surface area (Å²) in [5.41, 5.74) is 0. The molecule has 1 N–H and O–H groups in total. The molecule has 2 unspecified atom stereocenters. The molecule has 0 saturated carbocycles. The van der Waals surface area contributed by atoms with E-state index in [-0.39, 0.29) is 26.2 Å². The van der Waals surface area contributed by atoms with Crippen molar-refractivity contribution in [2.24, 2.45) is 0 Å². The first-order chi connectivity index (χ1) is 28.6. The van der Waals surface area contributed by atoms with Gasteiger partial charge in [-0.3, -0.25) is 13.8 Å². The maximum atomic E-state index is 12.7. The van der Waals surface area contributed by atoms with E-state index in [0.29, 0.717) is 24.1 Å². The highest BCUT2D eigenvalue weighted by atomic mass is 31.2. The fraction of sp³-hybridized carbons (Fsp3) is 0.620. The van der Waals surface area contributed by atoms with Crippen LogP contribution in [0.25, 0.3) is 0 Å². The Morgan fingerprint density at radius 3 is 1.39 bits per heavy atom. The van der Waals surface area contributed by atoms with Gasteiger partial charge in [0.1, 0.15) is 19.3 Å². The minimum atomic E-state index is -4.31. The van der Waals surface area contributed by atoms with E-state index in [2.05, 4.69) is 111 Å². The van der Waals surface area contributed by atoms with E-state index in [9.17, 15) is 14.3 Å². The monoisotopic (exact) mass is 843 g/mol. The zero-order chi connectivity index (χ0) is 43.4. The van der Waals surface area contributed by atoms with Crippen molar-refractivity contribution in [2.45, 2.75) is 148 Å². The molecule has 0 heterocycles. The first-order valence-electron chi connectivity index (χ1n) is 22.6. The summed E-state index contributed by atoms with van der Waals surface area (Å²) in [6.07, 6.45) is 58.6. The minimum Gasteiger partial charge on any atom is -0.457 e. The number of esters is 1. The molecule has 0 amide bonds. The Labute approximate surface area is 361 Å². The van der Waals surface area contributed by atoms with Crippen LogP contribution in [-0.2, 0) is 27.9 Å². The summed E-state index contributed by atoms with van der Waals surface area (Å²) in [5, 5.41) is 0. The quantitative estimate of drug-likeness (QED) is 0.0216. The third kappa shape index (κ3) is 46.1. The number of carbonyl (C=O) groups excluding carboxylic acids is 1. The van der Waals surface area contributed by atoms with Crippen molar-refractivity contribution in [3.63, 3.8) is 0 Å². The molecule has 0 spiro atoms. The third-order valence-electron chi connectivity index (χ3n) is 8.84. The zero-order valence-corrected chi connectivity index (χ0v) is 38.8. The van der Waals surface area contributed by atoms with E-state index < -0.39 is 19.9 Å². The molecule has 8 nitrogen and oxygen atoms in total. The number of hydrogen-bond acceptors (Lipinski definition) is 6. The van der Waals surface area contributed by atoms with Gasteiger partial charge in [0, 0.05) is 13.0 Å². The standard InChI is InChI=1S/C50H84NO7P/c1-6-8-10-12-14-16-18-20-22-24-26-27-29-31-33-35-37-39-41-43-50(52)58-49(48-57-59(53,54)56-46-44-51(3,4)5)47-55-45-42-40-38-36-34-32-30-28-25-23-21-19-17-15-13-11-9-7-2/h8-11,14-17,20-23,26-27,31,33,37,39,49H,6-7,12-13,18-19,24-25,28-30,32,34-36,38,40-48H2,1-5H3/p+1/b10-8-,11-9-,16-14-,17-15-,22-20-,23-21-,27-26-,33-31-,39-37-. The van der Waals surface area contributed by atoms with Gasteiger partial charge in [0.25, 0.3) is 0 Å². The molecule has 0 aliphatic carbocycles. The highest BCUT2D eigenvalue weighted by Crippen LogP contribution is 2.43. The van der Waals surface area contributed by atoms with Crippen molar-refractivity contribution in [1.82, 2.24) is 0 Å². The van der Waals surface area contributed by atoms with Crippen LogP contribution in [0.5, 0.6) is 0 Å². The molecule has 0 aliphatic heterocycles. The lowest BCUT2D eigenvalue weighted by Gasteiger charge is -2.24. The Hall–Kier alpha value is -2.84. The van der Waals surface area contributed by atoms with Gasteiger partial charge < -0.3 is 18.9 Å². The van der Waals surface area contributed by atoms with Crippen molar-refractivity contribution < 1.29 is 37.3 Å². The number of allylic oxidation sites excluding steroid dienone is 18. The van der Waals surface area contributed by atoms with Gasteiger partial charge >= 0.3 is 13.8 Å². The highest BCUT2D eigenvalue weighted by molar-refractivity contribution is 7.47. The van der Waals surface area contributed by atoms with Crippen molar-refractivity contribution in [3.8, 4) is 0 Å². The van der Waals surface area contributed by atoms with E-state index >= 15 is 0 Å².